The van der Waals surface area contributed by atoms with Gasteiger partial charge in [0.15, 0.2) is 11.5 Å². The van der Waals surface area contributed by atoms with E-state index in [4.69, 9.17) is 19.9 Å². The van der Waals surface area contributed by atoms with Crippen molar-refractivity contribution in [3.05, 3.63) is 40.5 Å². The second-order valence-corrected chi connectivity index (χ2v) is 4.94. The molecule has 1 aromatic heterocycles. The van der Waals surface area contributed by atoms with E-state index in [1.165, 1.54) is 0 Å². The fourth-order valence-corrected chi connectivity index (χ4v) is 2.09. The fourth-order valence-electron chi connectivity index (χ4n) is 1.75. The van der Waals surface area contributed by atoms with Gasteiger partial charge in [-0.1, -0.05) is 6.07 Å². The van der Waals surface area contributed by atoms with Crippen molar-refractivity contribution in [1.82, 2.24) is 4.98 Å². The van der Waals surface area contributed by atoms with E-state index in [0.29, 0.717) is 18.2 Å². The average Bonchev–Trinajstić information content (AvgIpc) is 2.85. The van der Waals surface area contributed by atoms with Crippen LogP contribution in [0.2, 0.25) is 0 Å². The molecule has 0 spiro atoms. The third-order valence-corrected chi connectivity index (χ3v) is 3.09. The van der Waals surface area contributed by atoms with Crippen molar-refractivity contribution in [2.24, 2.45) is 0 Å². The first-order valence-corrected chi connectivity index (χ1v) is 6.44. The molecule has 0 radical (unpaired) electrons. The maximum absolute atomic E-state index is 5.81. The molecule has 0 bridgehead atoms. The molecule has 2 N–H and O–H groups in total. The van der Waals surface area contributed by atoms with Crippen LogP contribution in [0.3, 0.4) is 0 Å². The van der Waals surface area contributed by atoms with Crippen molar-refractivity contribution in [3.63, 3.8) is 0 Å². The molecule has 3 rings (SSSR count). The van der Waals surface area contributed by atoms with Crippen LogP contribution in [0.4, 0.5) is 5.69 Å². The first kappa shape index (κ1) is 12.1. The van der Waals surface area contributed by atoms with Gasteiger partial charge in [-0.05, 0) is 39.7 Å². The monoisotopic (exact) mass is 322 g/mol. The highest BCUT2D eigenvalue weighted by molar-refractivity contribution is 9.10. The molecule has 19 heavy (non-hydrogen) atoms. The molecule has 98 valence electrons. The van der Waals surface area contributed by atoms with Gasteiger partial charge in [0.25, 0.3) is 0 Å². The lowest BCUT2D eigenvalue weighted by molar-refractivity contribution is 0.174. The Labute approximate surface area is 118 Å². The number of fused-ring (bicyclic) bond motifs is 1. The van der Waals surface area contributed by atoms with Gasteiger partial charge in [-0.2, -0.15) is 0 Å². The summed E-state index contributed by atoms with van der Waals surface area (Å²) in [5, 5.41) is 0. The molecule has 1 aliphatic rings. The third-order valence-electron chi connectivity index (χ3n) is 2.66. The summed E-state index contributed by atoms with van der Waals surface area (Å²) in [6.45, 7) is 0.635. The summed E-state index contributed by atoms with van der Waals surface area (Å²) >= 11 is 3.30. The minimum Gasteiger partial charge on any atom is -0.471 e. The Morgan fingerprint density at radius 1 is 1.26 bits per heavy atom. The largest absolute Gasteiger partial charge is 0.471 e. The van der Waals surface area contributed by atoms with Gasteiger partial charge in [-0.25, -0.2) is 4.98 Å². The molecular weight excluding hydrogens is 312 g/mol. The summed E-state index contributed by atoms with van der Waals surface area (Å²) in [5.74, 6) is 1.91. The highest BCUT2D eigenvalue weighted by Crippen LogP contribution is 2.33. The van der Waals surface area contributed by atoms with Crippen LogP contribution in [0.15, 0.2) is 34.9 Å². The lowest BCUT2D eigenvalue weighted by Gasteiger charge is -2.08. The number of pyridine rings is 1. The minimum atomic E-state index is 0.265. The number of ether oxygens (including phenoxy) is 3. The molecule has 2 aromatic rings. The number of halogens is 1. The zero-order chi connectivity index (χ0) is 13.2. The van der Waals surface area contributed by atoms with E-state index < -0.39 is 0 Å². The lowest BCUT2D eigenvalue weighted by atomic mass is 10.2. The van der Waals surface area contributed by atoms with Crippen LogP contribution in [0.1, 0.15) is 5.56 Å². The highest BCUT2D eigenvalue weighted by Gasteiger charge is 2.13. The molecule has 1 aromatic carbocycles. The van der Waals surface area contributed by atoms with Crippen LogP contribution in [-0.2, 0) is 6.61 Å². The summed E-state index contributed by atoms with van der Waals surface area (Å²) in [4.78, 5) is 4.12. The van der Waals surface area contributed by atoms with Crippen LogP contribution < -0.4 is 19.9 Å². The Hall–Kier alpha value is -1.95. The first-order chi connectivity index (χ1) is 9.22. The van der Waals surface area contributed by atoms with Crippen LogP contribution >= 0.6 is 15.9 Å². The number of anilines is 1. The molecule has 0 atom stereocenters. The van der Waals surface area contributed by atoms with Gasteiger partial charge in [0.2, 0.25) is 12.7 Å². The second kappa shape index (κ2) is 4.97. The van der Waals surface area contributed by atoms with E-state index in [-0.39, 0.29) is 6.79 Å². The van der Waals surface area contributed by atoms with Gasteiger partial charge in [0.1, 0.15) is 6.61 Å². The Balaban J connectivity index is 1.72. The van der Waals surface area contributed by atoms with Crippen molar-refractivity contribution in [1.29, 1.82) is 0 Å². The van der Waals surface area contributed by atoms with Crippen LogP contribution in [0.25, 0.3) is 0 Å². The number of hydrogen-bond acceptors (Lipinski definition) is 5. The zero-order valence-corrected chi connectivity index (χ0v) is 11.5. The molecule has 0 saturated heterocycles. The number of nitrogens with two attached hydrogens (primary N) is 1. The molecular formula is C13H11BrN2O3. The van der Waals surface area contributed by atoms with E-state index >= 15 is 0 Å². The molecule has 0 unspecified atom stereocenters. The van der Waals surface area contributed by atoms with Crippen molar-refractivity contribution in [2.45, 2.75) is 6.61 Å². The van der Waals surface area contributed by atoms with E-state index in [2.05, 4.69) is 20.9 Å². The van der Waals surface area contributed by atoms with E-state index in [1.54, 1.807) is 12.3 Å². The van der Waals surface area contributed by atoms with Gasteiger partial charge >= 0.3 is 0 Å². The highest BCUT2D eigenvalue weighted by atomic mass is 79.9. The summed E-state index contributed by atoms with van der Waals surface area (Å²) in [5.41, 5.74) is 7.28. The van der Waals surface area contributed by atoms with Crippen molar-refractivity contribution < 1.29 is 14.2 Å². The van der Waals surface area contributed by atoms with Gasteiger partial charge in [0, 0.05) is 10.7 Å². The van der Waals surface area contributed by atoms with E-state index in [9.17, 15) is 0 Å². The molecule has 0 aliphatic carbocycles. The minimum absolute atomic E-state index is 0.265. The Kier molecular flexibility index (Phi) is 3.16. The summed E-state index contributed by atoms with van der Waals surface area (Å²) in [6.07, 6.45) is 1.64. The molecule has 2 heterocycles. The SMILES string of the molecule is Nc1cc(Br)cnc1OCc1ccc2c(c1)OCO2. The molecule has 0 fully saturated rings. The Morgan fingerprint density at radius 2 is 2.11 bits per heavy atom. The van der Waals surface area contributed by atoms with Gasteiger partial charge in [-0.3, -0.25) is 0 Å². The Bertz CT molecular complexity index is 619. The number of benzene rings is 1. The lowest BCUT2D eigenvalue weighted by Crippen LogP contribution is -2.00. The number of hydrogen-bond donors (Lipinski definition) is 1. The van der Waals surface area contributed by atoms with Crippen LogP contribution in [-0.4, -0.2) is 11.8 Å². The summed E-state index contributed by atoms with van der Waals surface area (Å²) in [6, 6.07) is 7.42. The molecule has 5 nitrogen and oxygen atoms in total. The standard InChI is InChI=1S/C13H11BrN2O3/c14-9-4-10(15)13(16-5-9)17-6-8-1-2-11-12(3-8)19-7-18-11/h1-5H,6-7,15H2. The zero-order valence-electron chi connectivity index (χ0n) is 9.93. The predicted octanol–water partition coefficient (Wildman–Crippen LogP) is 2.73. The topological polar surface area (TPSA) is 66.6 Å². The quantitative estimate of drug-likeness (QED) is 0.941. The van der Waals surface area contributed by atoms with Crippen molar-refractivity contribution in [2.75, 3.05) is 12.5 Å². The van der Waals surface area contributed by atoms with E-state index in [1.807, 2.05) is 18.2 Å². The molecule has 0 amide bonds. The number of nitrogen functional groups attached to an aromatic ring is 1. The number of rotatable bonds is 3. The van der Waals surface area contributed by atoms with Crippen LogP contribution in [0, 0.1) is 0 Å². The predicted molar refractivity (Wildman–Crippen MR) is 73.2 cm³/mol. The molecule has 0 saturated carbocycles. The fraction of sp³-hybridized carbons (Fsp3) is 0.154. The number of aromatic nitrogens is 1. The van der Waals surface area contributed by atoms with Gasteiger partial charge in [-0.15, -0.1) is 0 Å². The average molecular weight is 323 g/mol. The first-order valence-electron chi connectivity index (χ1n) is 5.65. The molecule has 6 heteroatoms. The van der Waals surface area contributed by atoms with Crippen molar-refractivity contribution >= 4 is 21.6 Å². The maximum atomic E-state index is 5.81. The second-order valence-electron chi connectivity index (χ2n) is 4.02. The van der Waals surface area contributed by atoms with Gasteiger partial charge in [0.05, 0.1) is 5.69 Å². The smallest absolute Gasteiger partial charge is 0.237 e. The summed E-state index contributed by atoms with van der Waals surface area (Å²) < 4.78 is 17.0. The van der Waals surface area contributed by atoms with E-state index in [0.717, 1.165) is 21.5 Å². The normalized spacial score (nSPS) is 12.5. The molecule has 1 aliphatic heterocycles. The number of nitrogens with zero attached hydrogens (tertiary/aromatic N) is 1. The Morgan fingerprint density at radius 3 is 2.95 bits per heavy atom. The summed E-state index contributed by atoms with van der Waals surface area (Å²) in [7, 11) is 0. The third kappa shape index (κ3) is 2.58. The van der Waals surface area contributed by atoms with Gasteiger partial charge < -0.3 is 19.9 Å². The van der Waals surface area contributed by atoms with Crippen LogP contribution in [0.5, 0.6) is 17.4 Å². The maximum Gasteiger partial charge on any atom is 0.237 e. The van der Waals surface area contributed by atoms with Crippen molar-refractivity contribution in [3.8, 4) is 17.4 Å².